The topological polar surface area (TPSA) is 205 Å². The molecule has 0 bridgehead atoms. The lowest BCUT2D eigenvalue weighted by atomic mass is 9.97. The molecule has 15 heteroatoms. The molecule has 4 N–H and O–H groups in total. The number of imide groups is 1. The first-order valence-electron chi connectivity index (χ1n) is 11.7. The number of hydroxylamine groups is 2. The summed E-state index contributed by atoms with van der Waals surface area (Å²) in [7, 11) is -5.07. The fourth-order valence-corrected chi connectivity index (χ4v) is 3.81. The van der Waals surface area contributed by atoms with Crippen molar-refractivity contribution in [1.82, 2.24) is 21.0 Å². The Morgan fingerprint density at radius 1 is 1.00 bits per heavy atom. The second kappa shape index (κ2) is 12.9. The van der Waals surface area contributed by atoms with Gasteiger partial charge in [0.1, 0.15) is 12.1 Å². The minimum atomic E-state index is -5.07. The van der Waals surface area contributed by atoms with Gasteiger partial charge in [-0.3, -0.25) is 28.5 Å². The molecule has 1 saturated heterocycles. The zero-order valence-electron chi connectivity index (χ0n) is 21.8. The molecule has 1 fully saturated rings. The van der Waals surface area contributed by atoms with Gasteiger partial charge in [-0.2, -0.15) is 8.42 Å². The third-order valence-electron chi connectivity index (χ3n) is 5.25. The average molecular weight is 549 g/mol. The highest BCUT2D eigenvalue weighted by Gasteiger charge is 2.39. The number of hydrogen-bond acceptors (Lipinski definition) is 9. The van der Waals surface area contributed by atoms with E-state index in [4.69, 9.17) is 0 Å². The summed E-state index contributed by atoms with van der Waals surface area (Å²) >= 11 is 0. The highest BCUT2D eigenvalue weighted by Crippen LogP contribution is 2.17. The molecule has 210 valence electrons. The average Bonchev–Trinajstić information content (AvgIpc) is 3.06. The number of carbonyl (C=O) groups is 6. The van der Waals surface area contributed by atoms with E-state index in [-0.39, 0.29) is 23.3 Å². The summed E-state index contributed by atoms with van der Waals surface area (Å²) in [6.45, 7) is 10.9. The maximum Gasteiger partial charge on any atom is 0.353 e. The SMILES string of the molecule is CC(C)[C@H](NC(=O)CCC(C(=O)ON1C(=O)CCC1=O)S(=O)(=O)O)C(=O)N[C@@H](C)C(=O)NCC(C)(C)C. The first-order chi connectivity index (χ1) is 16.8. The maximum absolute atomic E-state index is 12.7. The van der Waals surface area contributed by atoms with Crippen LogP contribution in [0.1, 0.15) is 67.2 Å². The Bertz CT molecular complexity index is 1000. The standard InChI is InChI=1S/C22H36N4O10S/c1-12(2)18(20(31)24-13(3)19(30)23-11-22(4,5)6)25-15(27)8-7-14(37(33,34)35)21(32)36-26-16(28)9-10-17(26)29/h12-14,18H,7-11H2,1-6H3,(H,23,30)(H,24,31)(H,25,27)(H,33,34,35)/t13-,14?,18-/m0/s1. The normalized spacial score (nSPS) is 16.7. The van der Waals surface area contributed by atoms with Crippen LogP contribution >= 0.6 is 0 Å². The molecule has 0 aromatic rings. The van der Waals surface area contributed by atoms with Crippen molar-refractivity contribution >= 4 is 45.6 Å². The quantitative estimate of drug-likeness (QED) is 0.181. The zero-order chi connectivity index (χ0) is 28.7. The largest absolute Gasteiger partial charge is 0.354 e. The molecule has 14 nitrogen and oxygen atoms in total. The van der Waals surface area contributed by atoms with Crippen molar-refractivity contribution in [3.05, 3.63) is 0 Å². The van der Waals surface area contributed by atoms with E-state index in [1.165, 1.54) is 6.92 Å². The summed E-state index contributed by atoms with van der Waals surface area (Å²) in [6.07, 6.45) is -1.82. The van der Waals surface area contributed by atoms with Crippen LogP contribution in [0.2, 0.25) is 0 Å². The van der Waals surface area contributed by atoms with Crippen LogP contribution in [-0.4, -0.2) is 77.4 Å². The van der Waals surface area contributed by atoms with E-state index >= 15 is 0 Å². The molecule has 0 aliphatic carbocycles. The van der Waals surface area contributed by atoms with Gasteiger partial charge in [0.05, 0.1) is 0 Å². The van der Waals surface area contributed by atoms with Crippen LogP contribution in [0.4, 0.5) is 0 Å². The summed E-state index contributed by atoms with van der Waals surface area (Å²) in [4.78, 5) is 77.4. The van der Waals surface area contributed by atoms with Gasteiger partial charge in [0.2, 0.25) is 17.7 Å². The van der Waals surface area contributed by atoms with E-state index in [1.54, 1.807) is 13.8 Å². The summed E-state index contributed by atoms with van der Waals surface area (Å²) in [6, 6.07) is -2.00. The van der Waals surface area contributed by atoms with E-state index in [0.717, 1.165) is 0 Å². The van der Waals surface area contributed by atoms with Crippen molar-refractivity contribution in [3.63, 3.8) is 0 Å². The van der Waals surface area contributed by atoms with Gasteiger partial charge in [0.15, 0.2) is 5.25 Å². The lowest BCUT2D eigenvalue weighted by Crippen LogP contribution is -2.55. The van der Waals surface area contributed by atoms with Gasteiger partial charge < -0.3 is 20.8 Å². The van der Waals surface area contributed by atoms with Gasteiger partial charge in [0.25, 0.3) is 21.9 Å². The van der Waals surface area contributed by atoms with Crippen LogP contribution in [0.15, 0.2) is 0 Å². The Morgan fingerprint density at radius 3 is 2.00 bits per heavy atom. The number of nitrogens with one attached hydrogen (secondary N) is 3. The lowest BCUT2D eigenvalue weighted by molar-refractivity contribution is -0.197. The van der Waals surface area contributed by atoms with E-state index < -0.39 is 81.7 Å². The molecular formula is C22H36N4O10S. The molecule has 5 amide bonds. The van der Waals surface area contributed by atoms with E-state index in [1.807, 2.05) is 20.8 Å². The van der Waals surface area contributed by atoms with Crippen molar-refractivity contribution in [1.29, 1.82) is 0 Å². The molecule has 1 aliphatic heterocycles. The second-order valence-electron chi connectivity index (χ2n) is 10.3. The summed E-state index contributed by atoms with van der Waals surface area (Å²) in [5.41, 5.74) is -0.167. The molecule has 1 rings (SSSR count). The van der Waals surface area contributed by atoms with Gasteiger partial charge in [-0.25, -0.2) is 4.79 Å². The molecule has 0 spiro atoms. The smallest absolute Gasteiger partial charge is 0.353 e. The minimum Gasteiger partial charge on any atom is -0.354 e. The molecule has 1 unspecified atom stereocenters. The molecule has 1 heterocycles. The van der Waals surface area contributed by atoms with Crippen LogP contribution in [0.25, 0.3) is 0 Å². The highest BCUT2D eigenvalue weighted by atomic mass is 32.2. The van der Waals surface area contributed by atoms with E-state index in [0.29, 0.717) is 6.54 Å². The minimum absolute atomic E-state index is 0.124. The zero-order valence-corrected chi connectivity index (χ0v) is 22.6. The molecule has 0 radical (unpaired) electrons. The molecule has 3 atom stereocenters. The predicted octanol–water partition coefficient (Wildman–Crippen LogP) is -0.562. The van der Waals surface area contributed by atoms with Crippen LogP contribution in [0.3, 0.4) is 0 Å². The van der Waals surface area contributed by atoms with Crippen LogP contribution in [-0.2, 0) is 43.7 Å². The predicted molar refractivity (Wildman–Crippen MR) is 129 cm³/mol. The van der Waals surface area contributed by atoms with Crippen molar-refractivity contribution in [2.45, 2.75) is 84.6 Å². The van der Waals surface area contributed by atoms with E-state index in [9.17, 15) is 41.7 Å². The molecule has 1 aliphatic rings. The molecule has 0 aromatic carbocycles. The highest BCUT2D eigenvalue weighted by molar-refractivity contribution is 7.87. The Hall–Kier alpha value is -3.07. The van der Waals surface area contributed by atoms with Gasteiger partial charge in [0, 0.05) is 25.8 Å². The van der Waals surface area contributed by atoms with Gasteiger partial charge in [-0.1, -0.05) is 34.6 Å². The lowest BCUT2D eigenvalue weighted by Gasteiger charge is -2.25. The summed E-state index contributed by atoms with van der Waals surface area (Å²) < 4.78 is 32.8. The van der Waals surface area contributed by atoms with Crippen molar-refractivity contribution in [2.24, 2.45) is 11.3 Å². The molecular weight excluding hydrogens is 512 g/mol. The van der Waals surface area contributed by atoms with Crippen LogP contribution < -0.4 is 16.0 Å². The number of nitrogens with zero attached hydrogens (tertiary/aromatic N) is 1. The molecule has 0 aromatic heterocycles. The Balaban J connectivity index is 2.77. The Kier molecular flexibility index (Phi) is 11.2. The van der Waals surface area contributed by atoms with Crippen molar-refractivity contribution in [3.8, 4) is 0 Å². The monoisotopic (exact) mass is 548 g/mol. The van der Waals surface area contributed by atoms with Crippen LogP contribution in [0, 0.1) is 11.3 Å². The first kappa shape index (κ1) is 32.0. The fourth-order valence-electron chi connectivity index (χ4n) is 3.11. The maximum atomic E-state index is 12.7. The number of rotatable bonds is 12. The Labute approximate surface area is 215 Å². The number of carbonyl (C=O) groups excluding carboxylic acids is 6. The van der Waals surface area contributed by atoms with Crippen LogP contribution in [0.5, 0.6) is 0 Å². The molecule has 0 saturated carbocycles. The third-order valence-corrected chi connectivity index (χ3v) is 6.40. The van der Waals surface area contributed by atoms with Gasteiger partial charge in [-0.05, 0) is 24.7 Å². The fraction of sp³-hybridized carbons (Fsp3) is 0.727. The van der Waals surface area contributed by atoms with Crippen molar-refractivity contribution in [2.75, 3.05) is 6.54 Å². The van der Waals surface area contributed by atoms with E-state index in [2.05, 4.69) is 20.8 Å². The number of amides is 5. The van der Waals surface area contributed by atoms with Gasteiger partial charge in [-0.15, -0.1) is 5.06 Å². The summed E-state index contributed by atoms with van der Waals surface area (Å²) in [5.74, 6) is -5.63. The molecule has 37 heavy (non-hydrogen) atoms. The second-order valence-corrected chi connectivity index (χ2v) is 11.9. The summed E-state index contributed by atoms with van der Waals surface area (Å²) in [5, 5.41) is 5.52. The number of hydrogen-bond donors (Lipinski definition) is 4. The van der Waals surface area contributed by atoms with Crippen molar-refractivity contribution < 1.29 is 46.6 Å². The van der Waals surface area contributed by atoms with Gasteiger partial charge >= 0.3 is 5.97 Å². The third kappa shape index (κ3) is 10.4. The Morgan fingerprint density at radius 2 is 1.54 bits per heavy atom. The first-order valence-corrected chi connectivity index (χ1v) is 13.2.